The summed E-state index contributed by atoms with van der Waals surface area (Å²) in [7, 11) is 0. The predicted molar refractivity (Wildman–Crippen MR) is 172 cm³/mol. The predicted octanol–water partition coefficient (Wildman–Crippen LogP) is 11.7. The lowest BCUT2D eigenvalue weighted by Gasteiger charge is -2.13. The van der Waals surface area contributed by atoms with Crippen LogP contribution in [-0.2, 0) is 14.3 Å². The largest absolute Gasteiger partial charge is 0.481 e. The summed E-state index contributed by atoms with van der Waals surface area (Å²) in [6.45, 7) is 4.60. The average Bonchev–Trinajstić information content (AvgIpc) is 2.94. The highest BCUT2D eigenvalue weighted by Gasteiger charge is 2.22. The number of hydrogen-bond donors (Lipinski definition) is 1. The highest BCUT2D eigenvalue weighted by Crippen LogP contribution is 2.18. The Hall–Kier alpha value is -1.32. The van der Waals surface area contributed by atoms with Gasteiger partial charge in [0.1, 0.15) is 0 Å². The molecule has 0 rings (SSSR count). The topological polar surface area (TPSA) is 63.6 Å². The molecule has 0 saturated heterocycles. The van der Waals surface area contributed by atoms with Crippen LogP contribution < -0.4 is 0 Å². The van der Waals surface area contributed by atoms with Crippen LogP contribution in [0.2, 0.25) is 0 Å². The zero-order valence-electron chi connectivity index (χ0n) is 26.9. The van der Waals surface area contributed by atoms with Crippen LogP contribution in [0, 0.1) is 5.92 Å². The van der Waals surface area contributed by atoms with E-state index in [4.69, 9.17) is 9.84 Å². The zero-order valence-corrected chi connectivity index (χ0v) is 26.9. The van der Waals surface area contributed by atoms with Crippen molar-refractivity contribution in [3.8, 4) is 0 Å². The number of carbonyl (C=O) groups is 2. The first kappa shape index (κ1) is 38.7. The number of hydrogen-bond acceptors (Lipinski definition) is 3. The maximum atomic E-state index is 12.0. The van der Waals surface area contributed by atoms with Crippen molar-refractivity contribution in [3.63, 3.8) is 0 Å². The van der Waals surface area contributed by atoms with Crippen LogP contribution >= 0.6 is 0 Å². The molecule has 0 radical (unpaired) electrons. The van der Waals surface area contributed by atoms with Crippen molar-refractivity contribution in [2.75, 3.05) is 6.61 Å². The summed E-state index contributed by atoms with van der Waals surface area (Å²) < 4.78 is 5.16. The summed E-state index contributed by atoms with van der Waals surface area (Å²) in [6.07, 6.45) is 39.5. The van der Waals surface area contributed by atoms with Crippen molar-refractivity contribution in [2.24, 2.45) is 5.92 Å². The standard InChI is InChI=1S/C36H68O4/c1-3-5-6-7-8-9-10-11-12-13-14-15-16-17-18-19-20-21-22-23-24-25-26-27-28-29-30-31-34(33-35(37)38)36(39)40-32-4-2/h9-10,34H,3-8,11-33H2,1-2H3,(H,37,38)/b10-9+. The van der Waals surface area contributed by atoms with Crippen molar-refractivity contribution in [1.29, 1.82) is 0 Å². The number of esters is 1. The lowest BCUT2D eigenvalue weighted by atomic mass is 9.97. The van der Waals surface area contributed by atoms with Gasteiger partial charge in [-0.3, -0.25) is 9.59 Å². The van der Waals surface area contributed by atoms with E-state index in [9.17, 15) is 9.59 Å². The van der Waals surface area contributed by atoms with Crippen LogP contribution in [0.15, 0.2) is 12.2 Å². The molecule has 0 bridgehead atoms. The van der Waals surface area contributed by atoms with Gasteiger partial charge in [0, 0.05) is 0 Å². The smallest absolute Gasteiger partial charge is 0.309 e. The van der Waals surface area contributed by atoms with Crippen LogP contribution in [0.3, 0.4) is 0 Å². The maximum absolute atomic E-state index is 12.0. The lowest BCUT2D eigenvalue weighted by molar-refractivity contribution is -0.153. The van der Waals surface area contributed by atoms with Crippen LogP contribution in [0.4, 0.5) is 0 Å². The second-order valence-corrected chi connectivity index (χ2v) is 12.1. The quantitative estimate of drug-likeness (QED) is 0.0501. The van der Waals surface area contributed by atoms with E-state index in [1.165, 1.54) is 148 Å². The Bertz CT molecular complexity index is 571. The molecule has 4 nitrogen and oxygen atoms in total. The molecule has 0 aromatic heterocycles. The van der Waals surface area contributed by atoms with Gasteiger partial charge >= 0.3 is 11.9 Å². The molecule has 1 unspecified atom stereocenters. The first-order chi connectivity index (χ1) is 19.6. The van der Waals surface area contributed by atoms with Gasteiger partial charge < -0.3 is 9.84 Å². The Morgan fingerprint density at radius 3 is 1.30 bits per heavy atom. The van der Waals surface area contributed by atoms with Gasteiger partial charge in [0.05, 0.1) is 18.9 Å². The molecule has 0 aliphatic carbocycles. The molecule has 4 heteroatoms. The zero-order chi connectivity index (χ0) is 29.4. The van der Waals surface area contributed by atoms with E-state index in [-0.39, 0.29) is 12.4 Å². The van der Waals surface area contributed by atoms with Crippen LogP contribution in [0.5, 0.6) is 0 Å². The van der Waals surface area contributed by atoms with E-state index in [2.05, 4.69) is 19.1 Å². The first-order valence-electron chi connectivity index (χ1n) is 17.6. The summed E-state index contributed by atoms with van der Waals surface area (Å²) in [4.78, 5) is 23.1. The first-order valence-corrected chi connectivity index (χ1v) is 17.6. The molecule has 0 fully saturated rings. The minimum Gasteiger partial charge on any atom is -0.481 e. The summed E-state index contributed by atoms with van der Waals surface area (Å²) in [5.41, 5.74) is 0. The number of aliphatic carboxylic acids is 1. The minimum atomic E-state index is -0.915. The average molecular weight is 565 g/mol. The number of carboxylic acids is 1. The van der Waals surface area contributed by atoms with Gasteiger partial charge in [0.15, 0.2) is 0 Å². The highest BCUT2D eigenvalue weighted by molar-refractivity contribution is 5.79. The molecule has 0 aliphatic heterocycles. The van der Waals surface area contributed by atoms with Crippen molar-refractivity contribution < 1.29 is 19.4 Å². The van der Waals surface area contributed by atoms with E-state index in [0.29, 0.717) is 13.0 Å². The van der Waals surface area contributed by atoms with Gasteiger partial charge in [0.25, 0.3) is 0 Å². The molecule has 40 heavy (non-hydrogen) atoms. The second kappa shape index (κ2) is 32.2. The van der Waals surface area contributed by atoms with Crippen LogP contribution in [0.1, 0.15) is 194 Å². The molecular weight excluding hydrogens is 496 g/mol. The fraction of sp³-hybridized carbons (Fsp3) is 0.889. The van der Waals surface area contributed by atoms with Crippen LogP contribution in [0.25, 0.3) is 0 Å². The van der Waals surface area contributed by atoms with Crippen molar-refractivity contribution >= 4 is 11.9 Å². The highest BCUT2D eigenvalue weighted by atomic mass is 16.5. The molecule has 0 heterocycles. The number of ether oxygens (including phenoxy) is 1. The third-order valence-corrected chi connectivity index (χ3v) is 8.02. The Balaban J connectivity index is 3.32. The van der Waals surface area contributed by atoms with Gasteiger partial charge in [-0.2, -0.15) is 0 Å². The second-order valence-electron chi connectivity index (χ2n) is 12.1. The third-order valence-electron chi connectivity index (χ3n) is 8.02. The minimum absolute atomic E-state index is 0.111. The van der Waals surface area contributed by atoms with E-state index in [0.717, 1.165) is 19.3 Å². The van der Waals surface area contributed by atoms with E-state index < -0.39 is 11.9 Å². The molecule has 0 aromatic carbocycles. The molecule has 0 spiro atoms. The normalized spacial score (nSPS) is 12.2. The SMILES string of the molecule is CCCCCC/C=C/CCCCCCCCCCCCCCCCCCCCCC(CC(=O)O)C(=O)OCCC. The Morgan fingerprint density at radius 1 is 0.550 bits per heavy atom. The summed E-state index contributed by atoms with van der Waals surface area (Å²) >= 11 is 0. The van der Waals surface area contributed by atoms with Crippen molar-refractivity contribution in [2.45, 2.75) is 194 Å². The molecule has 236 valence electrons. The molecule has 1 N–H and O–H groups in total. The summed E-state index contributed by atoms with van der Waals surface area (Å²) in [5, 5.41) is 9.05. The van der Waals surface area contributed by atoms with E-state index >= 15 is 0 Å². The summed E-state index contributed by atoms with van der Waals surface area (Å²) in [5.74, 6) is -1.74. The van der Waals surface area contributed by atoms with Crippen LogP contribution in [-0.4, -0.2) is 23.7 Å². The van der Waals surface area contributed by atoms with Crippen molar-refractivity contribution in [1.82, 2.24) is 0 Å². The Labute approximate surface area is 249 Å². The fourth-order valence-corrected chi connectivity index (χ4v) is 5.42. The fourth-order valence-electron chi connectivity index (χ4n) is 5.42. The maximum Gasteiger partial charge on any atom is 0.309 e. The van der Waals surface area contributed by atoms with Gasteiger partial charge in [-0.05, 0) is 38.5 Å². The lowest BCUT2D eigenvalue weighted by Crippen LogP contribution is -2.21. The Kier molecular flexibility index (Phi) is 31.1. The van der Waals surface area contributed by atoms with E-state index in [1.807, 2.05) is 6.92 Å². The molecular formula is C36H68O4. The number of allylic oxidation sites excluding steroid dienone is 2. The monoisotopic (exact) mass is 565 g/mol. The number of unbranched alkanes of at least 4 members (excludes halogenated alkanes) is 23. The molecule has 0 aromatic rings. The molecule has 0 aliphatic rings. The summed E-state index contributed by atoms with van der Waals surface area (Å²) in [6, 6.07) is 0. The van der Waals surface area contributed by atoms with Gasteiger partial charge in [-0.1, -0.05) is 161 Å². The molecule has 1 atom stereocenters. The van der Waals surface area contributed by atoms with Gasteiger partial charge in [-0.25, -0.2) is 0 Å². The van der Waals surface area contributed by atoms with E-state index in [1.54, 1.807) is 0 Å². The molecule has 0 amide bonds. The van der Waals surface area contributed by atoms with Gasteiger partial charge in [0.2, 0.25) is 0 Å². The third kappa shape index (κ3) is 29.7. The van der Waals surface area contributed by atoms with Crippen molar-refractivity contribution in [3.05, 3.63) is 12.2 Å². The Morgan fingerprint density at radius 2 is 0.925 bits per heavy atom. The number of carbonyl (C=O) groups excluding carboxylic acids is 1. The number of carboxylic acid groups (broad SMARTS) is 1. The molecule has 0 saturated carbocycles. The number of rotatable bonds is 32. The van der Waals surface area contributed by atoms with Gasteiger partial charge in [-0.15, -0.1) is 0 Å².